The maximum atomic E-state index is 3.88. The Morgan fingerprint density at radius 1 is 1.16 bits per heavy atom. The van der Waals surface area contributed by atoms with Gasteiger partial charge < -0.3 is 5.32 Å². The molecule has 104 valence electrons. The minimum atomic E-state index is 0.456. The molecule has 1 nitrogen and oxygen atoms in total. The topological polar surface area (TPSA) is 12.0 Å². The van der Waals surface area contributed by atoms with Gasteiger partial charge in [-0.15, -0.1) is 0 Å². The van der Waals surface area contributed by atoms with Crippen molar-refractivity contribution in [1.82, 2.24) is 5.32 Å². The van der Waals surface area contributed by atoms with Crippen molar-refractivity contribution in [3.8, 4) is 0 Å². The Kier molecular flexibility index (Phi) is 3.01. The fourth-order valence-corrected chi connectivity index (χ4v) is 4.74. The standard InChI is InChI=1S/C18H27N/c1-13-5-7-14(8-6-13)12-19-16-17(2,3)15-9-10-18(16,4)11-15/h5-8,15-16,19H,9-12H2,1-4H3/t15-,16?,18+/m0/s1. The van der Waals surface area contributed by atoms with Gasteiger partial charge in [0, 0.05) is 12.6 Å². The van der Waals surface area contributed by atoms with Crippen molar-refractivity contribution >= 4 is 0 Å². The maximum absolute atomic E-state index is 3.88. The van der Waals surface area contributed by atoms with E-state index in [0.29, 0.717) is 16.9 Å². The van der Waals surface area contributed by atoms with E-state index in [-0.39, 0.29) is 0 Å². The van der Waals surface area contributed by atoms with Crippen LogP contribution in [0.15, 0.2) is 24.3 Å². The molecule has 1 unspecified atom stereocenters. The number of benzene rings is 1. The number of fused-ring (bicyclic) bond motifs is 2. The molecule has 1 aromatic rings. The van der Waals surface area contributed by atoms with E-state index in [1.54, 1.807) is 0 Å². The van der Waals surface area contributed by atoms with Crippen LogP contribution in [0.25, 0.3) is 0 Å². The Balaban J connectivity index is 1.71. The second-order valence-corrected chi connectivity index (χ2v) is 7.71. The van der Waals surface area contributed by atoms with Crippen LogP contribution in [-0.2, 0) is 6.54 Å². The molecule has 0 amide bonds. The molecular weight excluding hydrogens is 230 g/mol. The van der Waals surface area contributed by atoms with E-state index >= 15 is 0 Å². The van der Waals surface area contributed by atoms with Crippen LogP contribution in [0.3, 0.4) is 0 Å². The summed E-state index contributed by atoms with van der Waals surface area (Å²) in [4.78, 5) is 0. The normalized spacial score (nSPS) is 35.8. The molecule has 2 fully saturated rings. The zero-order valence-electron chi connectivity index (χ0n) is 12.8. The number of hydrogen-bond donors (Lipinski definition) is 1. The van der Waals surface area contributed by atoms with Crippen molar-refractivity contribution in [3.05, 3.63) is 35.4 Å². The average molecular weight is 257 g/mol. The summed E-state index contributed by atoms with van der Waals surface area (Å²) >= 11 is 0. The SMILES string of the molecule is Cc1ccc(CNC2C(C)(C)[C@H]3CC[C@]2(C)C3)cc1. The summed E-state index contributed by atoms with van der Waals surface area (Å²) in [6.07, 6.45) is 4.27. The lowest BCUT2D eigenvalue weighted by molar-refractivity contribution is 0.108. The highest BCUT2D eigenvalue weighted by atomic mass is 15.0. The largest absolute Gasteiger partial charge is 0.309 e. The van der Waals surface area contributed by atoms with E-state index in [4.69, 9.17) is 0 Å². The molecule has 2 aliphatic carbocycles. The third kappa shape index (κ3) is 2.12. The first-order valence-electron chi connectivity index (χ1n) is 7.71. The van der Waals surface area contributed by atoms with Gasteiger partial charge in [0.1, 0.15) is 0 Å². The summed E-state index contributed by atoms with van der Waals surface area (Å²) in [6, 6.07) is 9.60. The zero-order valence-corrected chi connectivity index (χ0v) is 12.8. The summed E-state index contributed by atoms with van der Waals surface area (Å²) in [6.45, 7) is 10.6. The van der Waals surface area contributed by atoms with Crippen LogP contribution in [0.4, 0.5) is 0 Å². The van der Waals surface area contributed by atoms with Gasteiger partial charge in [-0.3, -0.25) is 0 Å². The molecule has 0 aromatic heterocycles. The first-order valence-corrected chi connectivity index (χ1v) is 7.71. The van der Waals surface area contributed by atoms with Crippen LogP contribution in [0.1, 0.15) is 51.2 Å². The van der Waals surface area contributed by atoms with Crippen molar-refractivity contribution in [1.29, 1.82) is 0 Å². The first kappa shape index (κ1) is 13.2. The van der Waals surface area contributed by atoms with E-state index in [1.807, 2.05) is 0 Å². The average Bonchev–Trinajstić information content (AvgIpc) is 2.82. The number of rotatable bonds is 3. The van der Waals surface area contributed by atoms with E-state index in [2.05, 4.69) is 57.3 Å². The monoisotopic (exact) mass is 257 g/mol. The summed E-state index contributed by atoms with van der Waals surface area (Å²) in [5.74, 6) is 0.924. The number of hydrogen-bond acceptors (Lipinski definition) is 1. The Bertz CT molecular complexity index is 454. The molecule has 19 heavy (non-hydrogen) atoms. The van der Waals surface area contributed by atoms with E-state index in [0.717, 1.165) is 12.5 Å². The minimum absolute atomic E-state index is 0.456. The van der Waals surface area contributed by atoms with Crippen molar-refractivity contribution in [2.45, 2.75) is 59.5 Å². The van der Waals surface area contributed by atoms with Crippen molar-refractivity contribution < 1.29 is 0 Å². The second kappa shape index (κ2) is 4.34. The number of nitrogens with one attached hydrogen (secondary N) is 1. The van der Waals surface area contributed by atoms with Gasteiger partial charge in [-0.2, -0.15) is 0 Å². The Morgan fingerprint density at radius 2 is 1.84 bits per heavy atom. The van der Waals surface area contributed by atoms with Crippen LogP contribution in [-0.4, -0.2) is 6.04 Å². The number of aryl methyl sites for hydroxylation is 1. The minimum Gasteiger partial charge on any atom is -0.309 e. The van der Waals surface area contributed by atoms with Crippen LogP contribution in [0, 0.1) is 23.7 Å². The quantitative estimate of drug-likeness (QED) is 0.851. The van der Waals surface area contributed by atoms with Crippen molar-refractivity contribution in [2.24, 2.45) is 16.7 Å². The highest BCUT2D eigenvalue weighted by molar-refractivity contribution is 5.22. The summed E-state index contributed by atoms with van der Waals surface area (Å²) in [5.41, 5.74) is 3.74. The fourth-order valence-electron chi connectivity index (χ4n) is 4.74. The predicted octanol–water partition coefficient (Wildman–Crippen LogP) is 4.30. The molecule has 1 N–H and O–H groups in total. The highest BCUT2D eigenvalue weighted by Gasteiger charge is 2.58. The van der Waals surface area contributed by atoms with Gasteiger partial charge in [0.25, 0.3) is 0 Å². The Labute approximate surface area is 117 Å². The van der Waals surface area contributed by atoms with Gasteiger partial charge in [0.15, 0.2) is 0 Å². The molecule has 2 saturated carbocycles. The van der Waals surface area contributed by atoms with E-state index in [1.165, 1.54) is 30.4 Å². The molecule has 3 atom stereocenters. The maximum Gasteiger partial charge on any atom is 0.0208 e. The van der Waals surface area contributed by atoms with Crippen LogP contribution < -0.4 is 5.32 Å². The van der Waals surface area contributed by atoms with Crippen molar-refractivity contribution in [3.63, 3.8) is 0 Å². The molecular formula is C18H27N. The van der Waals surface area contributed by atoms with Gasteiger partial charge in [-0.05, 0) is 48.5 Å². The van der Waals surface area contributed by atoms with Gasteiger partial charge in [0.2, 0.25) is 0 Å². The van der Waals surface area contributed by atoms with E-state index < -0.39 is 0 Å². The summed E-state index contributed by atoms with van der Waals surface area (Å²) in [7, 11) is 0. The molecule has 0 radical (unpaired) electrons. The molecule has 2 aliphatic rings. The third-order valence-electron chi connectivity index (χ3n) is 5.90. The molecule has 0 heterocycles. The van der Waals surface area contributed by atoms with Gasteiger partial charge in [-0.25, -0.2) is 0 Å². The predicted molar refractivity (Wildman–Crippen MR) is 81.0 cm³/mol. The summed E-state index contributed by atoms with van der Waals surface area (Å²) < 4.78 is 0. The summed E-state index contributed by atoms with van der Waals surface area (Å²) in [5, 5.41) is 3.88. The van der Waals surface area contributed by atoms with Crippen LogP contribution in [0.5, 0.6) is 0 Å². The highest BCUT2D eigenvalue weighted by Crippen LogP contribution is 2.62. The third-order valence-corrected chi connectivity index (χ3v) is 5.90. The molecule has 0 spiro atoms. The van der Waals surface area contributed by atoms with Gasteiger partial charge in [0.05, 0.1) is 0 Å². The lowest BCUT2D eigenvalue weighted by Gasteiger charge is -2.43. The smallest absolute Gasteiger partial charge is 0.0208 e. The molecule has 1 aromatic carbocycles. The fraction of sp³-hybridized carbons (Fsp3) is 0.667. The van der Waals surface area contributed by atoms with Gasteiger partial charge >= 0.3 is 0 Å². The molecule has 0 aliphatic heterocycles. The first-order chi connectivity index (χ1) is 8.92. The van der Waals surface area contributed by atoms with E-state index in [9.17, 15) is 0 Å². The lowest BCUT2D eigenvalue weighted by atomic mass is 9.68. The Hall–Kier alpha value is -0.820. The second-order valence-electron chi connectivity index (χ2n) is 7.71. The van der Waals surface area contributed by atoms with Crippen LogP contribution >= 0.6 is 0 Å². The molecule has 2 bridgehead atoms. The van der Waals surface area contributed by atoms with Gasteiger partial charge in [-0.1, -0.05) is 50.6 Å². The molecule has 1 heteroatoms. The Morgan fingerprint density at radius 3 is 2.42 bits per heavy atom. The van der Waals surface area contributed by atoms with Crippen LogP contribution in [0.2, 0.25) is 0 Å². The molecule has 0 saturated heterocycles. The zero-order chi connectivity index (χ0) is 13.7. The lowest BCUT2D eigenvalue weighted by Crippen LogP contribution is -2.49. The van der Waals surface area contributed by atoms with Crippen molar-refractivity contribution in [2.75, 3.05) is 0 Å². The molecule has 3 rings (SSSR count).